The summed E-state index contributed by atoms with van der Waals surface area (Å²) in [5.41, 5.74) is 1.38. The smallest absolute Gasteiger partial charge is 0.175 e. The SMILES string of the molecule is CCOc1ccccc1Nc1cc(Cl)nnc1Cl. The molecule has 2 aromatic rings. The normalized spacial score (nSPS) is 10.2. The predicted molar refractivity (Wildman–Crippen MR) is 72.9 cm³/mol. The number of hydrogen-bond acceptors (Lipinski definition) is 4. The zero-order valence-electron chi connectivity index (χ0n) is 9.65. The largest absolute Gasteiger partial charge is 0.492 e. The molecule has 6 heteroatoms. The van der Waals surface area contributed by atoms with Crippen LogP contribution in [0.1, 0.15) is 6.92 Å². The molecule has 0 aliphatic rings. The van der Waals surface area contributed by atoms with Crippen molar-refractivity contribution in [3.63, 3.8) is 0 Å². The number of rotatable bonds is 4. The maximum Gasteiger partial charge on any atom is 0.175 e. The Kier molecular flexibility index (Phi) is 4.23. The number of para-hydroxylation sites is 2. The van der Waals surface area contributed by atoms with Crippen molar-refractivity contribution in [2.24, 2.45) is 0 Å². The predicted octanol–water partition coefficient (Wildman–Crippen LogP) is 3.93. The summed E-state index contributed by atoms with van der Waals surface area (Å²) in [6.07, 6.45) is 0. The van der Waals surface area contributed by atoms with Gasteiger partial charge in [0, 0.05) is 6.07 Å². The second-order valence-corrected chi connectivity index (χ2v) is 4.17. The van der Waals surface area contributed by atoms with E-state index in [0.29, 0.717) is 12.3 Å². The number of aromatic nitrogens is 2. The summed E-state index contributed by atoms with van der Waals surface area (Å²) in [6.45, 7) is 2.51. The second kappa shape index (κ2) is 5.89. The minimum absolute atomic E-state index is 0.255. The molecule has 1 aromatic carbocycles. The first kappa shape index (κ1) is 12.9. The van der Waals surface area contributed by atoms with Gasteiger partial charge >= 0.3 is 0 Å². The third kappa shape index (κ3) is 3.03. The zero-order valence-corrected chi connectivity index (χ0v) is 11.2. The van der Waals surface area contributed by atoms with Gasteiger partial charge in [-0.2, -0.15) is 0 Å². The van der Waals surface area contributed by atoms with Crippen LogP contribution in [0.3, 0.4) is 0 Å². The summed E-state index contributed by atoms with van der Waals surface area (Å²) in [7, 11) is 0. The monoisotopic (exact) mass is 283 g/mol. The van der Waals surface area contributed by atoms with Crippen LogP contribution in [0.4, 0.5) is 11.4 Å². The molecule has 0 aliphatic heterocycles. The molecule has 0 unspecified atom stereocenters. The van der Waals surface area contributed by atoms with Crippen molar-refractivity contribution in [1.29, 1.82) is 0 Å². The van der Waals surface area contributed by atoms with Crippen LogP contribution in [0.25, 0.3) is 0 Å². The number of nitrogens with one attached hydrogen (secondary N) is 1. The van der Waals surface area contributed by atoms with Crippen molar-refractivity contribution in [2.75, 3.05) is 11.9 Å². The van der Waals surface area contributed by atoms with Crippen molar-refractivity contribution in [3.8, 4) is 5.75 Å². The van der Waals surface area contributed by atoms with Gasteiger partial charge in [-0.1, -0.05) is 35.3 Å². The molecule has 0 aliphatic carbocycles. The van der Waals surface area contributed by atoms with Crippen molar-refractivity contribution in [2.45, 2.75) is 6.92 Å². The zero-order chi connectivity index (χ0) is 13.0. The molecule has 0 atom stereocenters. The fourth-order valence-electron chi connectivity index (χ4n) is 1.44. The molecule has 0 radical (unpaired) electrons. The maximum atomic E-state index is 5.94. The number of ether oxygens (including phenoxy) is 1. The van der Waals surface area contributed by atoms with E-state index < -0.39 is 0 Å². The fourth-order valence-corrected chi connectivity index (χ4v) is 1.72. The lowest BCUT2D eigenvalue weighted by Crippen LogP contribution is -1.99. The Hall–Kier alpha value is -1.52. The first-order valence-corrected chi connectivity index (χ1v) is 6.14. The summed E-state index contributed by atoms with van der Waals surface area (Å²) in [5.74, 6) is 0.740. The highest BCUT2D eigenvalue weighted by molar-refractivity contribution is 6.33. The van der Waals surface area contributed by atoms with E-state index in [1.165, 1.54) is 0 Å². The Labute approximate surface area is 115 Å². The molecular formula is C12H11Cl2N3O. The summed E-state index contributed by atoms with van der Waals surface area (Å²) < 4.78 is 5.50. The highest BCUT2D eigenvalue weighted by Gasteiger charge is 2.07. The Morgan fingerprint density at radius 2 is 1.94 bits per heavy atom. The molecule has 1 heterocycles. The molecule has 0 spiro atoms. The molecule has 0 fully saturated rings. The van der Waals surface area contributed by atoms with E-state index in [0.717, 1.165) is 11.4 Å². The standard InChI is InChI=1S/C12H11Cl2N3O/c1-2-18-10-6-4-3-5-8(10)15-9-7-11(13)16-17-12(9)14/h3-7H,2H2,1H3,(H,15,16). The molecule has 1 aromatic heterocycles. The van der Waals surface area contributed by atoms with Crippen LogP contribution in [-0.2, 0) is 0 Å². The number of benzene rings is 1. The molecule has 94 valence electrons. The van der Waals surface area contributed by atoms with Crippen LogP contribution in [0, 0.1) is 0 Å². The number of anilines is 2. The summed E-state index contributed by atoms with van der Waals surface area (Å²) >= 11 is 11.7. The van der Waals surface area contributed by atoms with Gasteiger partial charge < -0.3 is 10.1 Å². The van der Waals surface area contributed by atoms with Gasteiger partial charge in [0.25, 0.3) is 0 Å². The van der Waals surface area contributed by atoms with Crippen LogP contribution >= 0.6 is 23.2 Å². The van der Waals surface area contributed by atoms with E-state index in [9.17, 15) is 0 Å². The average molecular weight is 284 g/mol. The lowest BCUT2D eigenvalue weighted by molar-refractivity contribution is 0.342. The van der Waals surface area contributed by atoms with Gasteiger partial charge in [0.05, 0.1) is 18.0 Å². The molecule has 2 rings (SSSR count). The van der Waals surface area contributed by atoms with Crippen LogP contribution in [0.15, 0.2) is 30.3 Å². The van der Waals surface area contributed by atoms with Crippen molar-refractivity contribution in [3.05, 3.63) is 40.6 Å². The Morgan fingerprint density at radius 1 is 1.17 bits per heavy atom. The Bertz CT molecular complexity index is 549. The Morgan fingerprint density at radius 3 is 2.72 bits per heavy atom. The van der Waals surface area contributed by atoms with E-state index in [4.69, 9.17) is 27.9 Å². The minimum Gasteiger partial charge on any atom is -0.492 e. The topological polar surface area (TPSA) is 47.0 Å². The van der Waals surface area contributed by atoms with Gasteiger partial charge in [0.2, 0.25) is 0 Å². The average Bonchev–Trinajstić information content (AvgIpc) is 2.36. The van der Waals surface area contributed by atoms with Gasteiger partial charge in [0.15, 0.2) is 10.3 Å². The summed E-state index contributed by atoms with van der Waals surface area (Å²) in [5, 5.41) is 11.0. The molecule has 0 amide bonds. The van der Waals surface area contributed by atoms with Gasteiger partial charge in [-0.15, -0.1) is 10.2 Å². The first-order valence-electron chi connectivity index (χ1n) is 5.38. The van der Waals surface area contributed by atoms with Crippen molar-refractivity contribution >= 4 is 34.6 Å². The van der Waals surface area contributed by atoms with Crippen molar-refractivity contribution in [1.82, 2.24) is 10.2 Å². The van der Waals surface area contributed by atoms with Gasteiger partial charge in [-0.05, 0) is 19.1 Å². The first-order chi connectivity index (χ1) is 8.70. The van der Waals surface area contributed by atoms with Gasteiger partial charge in [0.1, 0.15) is 5.75 Å². The van der Waals surface area contributed by atoms with Gasteiger partial charge in [-0.25, -0.2) is 0 Å². The molecule has 4 nitrogen and oxygen atoms in total. The third-order valence-electron chi connectivity index (χ3n) is 2.18. The molecule has 1 N–H and O–H groups in total. The molecule has 0 bridgehead atoms. The van der Waals surface area contributed by atoms with Crippen LogP contribution in [0.2, 0.25) is 10.3 Å². The lowest BCUT2D eigenvalue weighted by Gasteiger charge is -2.12. The summed E-state index contributed by atoms with van der Waals surface area (Å²) in [6, 6.07) is 9.16. The van der Waals surface area contributed by atoms with E-state index in [1.807, 2.05) is 31.2 Å². The fraction of sp³-hybridized carbons (Fsp3) is 0.167. The van der Waals surface area contributed by atoms with Crippen LogP contribution in [0.5, 0.6) is 5.75 Å². The van der Waals surface area contributed by atoms with Crippen LogP contribution in [-0.4, -0.2) is 16.8 Å². The number of hydrogen-bond donors (Lipinski definition) is 1. The lowest BCUT2D eigenvalue weighted by atomic mass is 10.3. The highest BCUT2D eigenvalue weighted by atomic mass is 35.5. The quantitative estimate of drug-likeness (QED) is 0.924. The maximum absolute atomic E-state index is 5.94. The van der Waals surface area contributed by atoms with Crippen molar-refractivity contribution < 1.29 is 4.74 Å². The minimum atomic E-state index is 0.255. The van der Waals surface area contributed by atoms with E-state index in [1.54, 1.807) is 6.07 Å². The number of nitrogens with zero attached hydrogens (tertiary/aromatic N) is 2. The number of halogens is 2. The third-order valence-corrected chi connectivity index (χ3v) is 2.64. The van der Waals surface area contributed by atoms with E-state index in [2.05, 4.69) is 15.5 Å². The molecule has 0 saturated heterocycles. The molecule has 18 heavy (non-hydrogen) atoms. The highest BCUT2D eigenvalue weighted by Crippen LogP contribution is 2.30. The second-order valence-electron chi connectivity index (χ2n) is 3.43. The van der Waals surface area contributed by atoms with Gasteiger partial charge in [-0.3, -0.25) is 0 Å². The molecular weight excluding hydrogens is 273 g/mol. The Balaban J connectivity index is 2.30. The molecule has 0 saturated carbocycles. The summed E-state index contributed by atoms with van der Waals surface area (Å²) in [4.78, 5) is 0. The van der Waals surface area contributed by atoms with Crippen LogP contribution < -0.4 is 10.1 Å². The van der Waals surface area contributed by atoms with E-state index >= 15 is 0 Å². The van der Waals surface area contributed by atoms with E-state index in [-0.39, 0.29) is 10.3 Å².